The van der Waals surface area contributed by atoms with E-state index in [0.29, 0.717) is 0 Å². The predicted molar refractivity (Wildman–Crippen MR) is 59.6 cm³/mol. The van der Waals surface area contributed by atoms with Gasteiger partial charge in [-0.2, -0.15) is 0 Å². The molecule has 0 bridgehead atoms. The van der Waals surface area contributed by atoms with Crippen LogP contribution in [0.3, 0.4) is 0 Å². The predicted octanol–water partition coefficient (Wildman–Crippen LogP) is -3.45. The van der Waals surface area contributed by atoms with Crippen LogP contribution in [0.4, 0.5) is 0 Å². The summed E-state index contributed by atoms with van der Waals surface area (Å²) in [7, 11) is 0. The normalized spacial score (nSPS) is 12.6. The van der Waals surface area contributed by atoms with Gasteiger partial charge >= 0.3 is 11.9 Å². The minimum absolute atomic E-state index is 0.174. The van der Waals surface area contributed by atoms with E-state index in [1.54, 1.807) is 23.6 Å². The Kier molecular flexibility index (Phi) is 4.55. The second-order valence-corrected chi connectivity index (χ2v) is 3.77. The Morgan fingerprint density at radius 3 is 1.84 bits per heavy atom. The summed E-state index contributed by atoms with van der Waals surface area (Å²) in [5.74, 6) is -8.15. The fraction of sp³-hybridized carbons (Fsp3) is 0.300. The fourth-order valence-corrected chi connectivity index (χ4v) is 1.25. The SMILES string of the molecule is O=C(NNC(C(O)(O)O)C(O)(O)O)c1ccccc1. The highest BCUT2D eigenvalue weighted by Crippen LogP contribution is 2.12. The van der Waals surface area contributed by atoms with Gasteiger partial charge in [0.25, 0.3) is 5.91 Å². The molecule has 0 aliphatic heterocycles. The van der Waals surface area contributed by atoms with Crippen molar-refractivity contribution in [2.75, 3.05) is 0 Å². The van der Waals surface area contributed by atoms with E-state index in [2.05, 4.69) is 0 Å². The first-order valence-corrected chi connectivity index (χ1v) is 5.07. The van der Waals surface area contributed by atoms with Crippen LogP contribution in [-0.4, -0.2) is 54.5 Å². The molecule has 9 heteroatoms. The van der Waals surface area contributed by atoms with E-state index in [9.17, 15) is 4.79 Å². The van der Waals surface area contributed by atoms with Crippen molar-refractivity contribution in [1.82, 2.24) is 10.9 Å². The van der Waals surface area contributed by atoms with Crippen LogP contribution in [0.25, 0.3) is 0 Å². The molecule has 0 radical (unpaired) electrons. The fourth-order valence-electron chi connectivity index (χ4n) is 1.25. The highest BCUT2D eigenvalue weighted by atomic mass is 16.7. The van der Waals surface area contributed by atoms with Crippen LogP contribution in [0, 0.1) is 0 Å². The summed E-state index contributed by atoms with van der Waals surface area (Å²) < 4.78 is 0. The summed E-state index contributed by atoms with van der Waals surface area (Å²) in [5.41, 5.74) is 3.74. The molecule has 0 fully saturated rings. The lowest BCUT2D eigenvalue weighted by atomic mass is 10.2. The van der Waals surface area contributed by atoms with Crippen molar-refractivity contribution in [2.24, 2.45) is 0 Å². The topological polar surface area (TPSA) is 163 Å². The molecule has 9 nitrogen and oxygen atoms in total. The minimum atomic E-state index is -3.69. The molecule has 1 aromatic rings. The van der Waals surface area contributed by atoms with E-state index < -0.39 is 23.9 Å². The molecule has 0 aliphatic carbocycles. The van der Waals surface area contributed by atoms with Crippen molar-refractivity contribution in [3.8, 4) is 0 Å². The number of hydrogen-bond donors (Lipinski definition) is 8. The molecule has 19 heavy (non-hydrogen) atoms. The standard InChI is InChI=1S/C10H14N2O7/c13-7(6-4-2-1-3-5-6)11-12-8(9(14,15)16)10(17,18)19/h1-5,8,12,14-19H,(H,11,13). The Hall–Kier alpha value is -1.59. The van der Waals surface area contributed by atoms with Crippen molar-refractivity contribution in [3.63, 3.8) is 0 Å². The molecule has 0 aromatic heterocycles. The number of amides is 1. The highest BCUT2D eigenvalue weighted by Gasteiger charge is 2.47. The second kappa shape index (κ2) is 5.59. The first-order chi connectivity index (χ1) is 8.62. The third-order valence-electron chi connectivity index (χ3n) is 2.14. The van der Waals surface area contributed by atoms with E-state index in [0.717, 1.165) is 0 Å². The van der Waals surface area contributed by atoms with Crippen LogP contribution in [0.2, 0.25) is 0 Å². The van der Waals surface area contributed by atoms with Crippen LogP contribution >= 0.6 is 0 Å². The van der Waals surface area contributed by atoms with E-state index in [-0.39, 0.29) is 5.56 Å². The number of nitrogens with one attached hydrogen (secondary N) is 2. The van der Waals surface area contributed by atoms with E-state index in [1.807, 2.05) is 5.43 Å². The number of aliphatic hydroxyl groups is 6. The van der Waals surface area contributed by atoms with Crippen LogP contribution in [0.15, 0.2) is 30.3 Å². The third-order valence-corrected chi connectivity index (χ3v) is 2.14. The van der Waals surface area contributed by atoms with Crippen LogP contribution in [0.5, 0.6) is 0 Å². The van der Waals surface area contributed by atoms with E-state index >= 15 is 0 Å². The first-order valence-electron chi connectivity index (χ1n) is 5.07. The van der Waals surface area contributed by atoms with Gasteiger partial charge in [-0.05, 0) is 12.1 Å². The number of carbonyl (C=O) groups is 1. The van der Waals surface area contributed by atoms with Crippen molar-refractivity contribution in [1.29, 1.82) is 0 Å². The van der Waals surface area contributed by atoms with E-state index in [4.69, 9.17) is 30.6 Å². The third kappa shape index (κ3) is 4.54. The van der Waals surface area contributed by atoms with Gasteiger partial charge in [-0.3, -0.25) is 10.2 Å². The summed E-state index contributed by atoms with van der Waals surface area (Å²) in [4.78, 5) is 11.5. The molecule has 0 atom stereocenters. The maximum absolute atomic E-state index is 11.5. The Balaban J connectivity index is 2.71. The molecule has 1 rings (SSSR count). The maximum Gasteiger partial charge on any atom is 0.301 e. The minimum Gasteiger partial charge on any atom is -0.342 e. The Morgan fingerprint density at radius 2 is 1.42 bits per heavy atom. The van der Waals surface area contributed by atoms with Gasteiger partial charge in [0.05, 0.1) is 0 Å². The lowest BCUT2D eigenvalue weighted by Gasteiger charge is -2.32. The van der Waals surface area contributed by atoms with Crippen LogP contribution in [-0.2, 0) is 0 Å². The number of benzene rings is 1. The number of hydrazine groups is 1. The Labute approximate surface area is 107 Å². The zero-order chi connectivity index (χ0) is 14.7. The molecule has 0 saturated heterocycles. The van der Waals surface area contributed by atoms with Gasteiger partial charge in [-0.1, -0.05) is 18.2 Å². The smallest absolute Gasteiger partial charge is 0.301 e. The molecule has 1 amide bonds. The Bertz CT molecular complexity index is 410. The molecule has 0 heterocycles. The summed E-state index contributed by atoms with van der Waals surface area (Å²) >= 11 is 0. The molecular formula is C10H14N2O7. The van der Waals surface area contributed by atoms with Crippen molar-refractivity contribution in [2.45, 2.75) is 18.0 Å². The number of rotatable bonds is 5. The van der Waals surface area contributed by atoms with Gasteiger partial charge < -0.3 is 30.6 Å². The molecule has 8 N–H and O–H groups in total. The van der Waals surface area contributed by atoms with Crippen LogP contribution < -0.4 is 10.9 Å². The highest BCUT2D eigenvalue weighted by molar-refractivity contribution is 5.93. The van der Waals surface area contributed by atoms with Gasteiger partial charge in [-0.25, -0.2) is 5.43 Å². The molecular weight excluding hydrogens is 260 g/mol. The zero-order valence-corrected chi connectivity index (χ0v) is 9.56. The number of carbonyl (C=O) groups excluding carboxylic acids is 1. The molecule has 0 aliphatic rings. The maximum atomic E-state index is 11.5. The summed E-state index contributed by atoms with van der Waals surface area (Å²) in [6, 6.07) is 5.16. The van der Waals surface area contributed by atoms with Crippen molar-refractivity contribution < 1.29 is 35.4 Å². The average molecular weight is 274 g/mol. The first kappa shape index (κ1) is 15.5. The molecule has 0 unspecified atom stereocenters. The van der Waals surface area contributed by atoms with Gasteiger partial charge in [-0.15, -0.1) is 0 Å². The summed E-state index contributed by atoms with van der Waals surface area (Å²) in [5, 5.41) is 52.9. The molecule has 0 saturated carbocycles. The molecule has 1 aromatic carbocycles. The summed E-state index contributed by atoms with van der Waals surface area (Å²) in [6.07, 6.45) is 0. The lowest BCUT2D eigenvalue weighted by Crippen LogP contribution is -2.67. The average Bonchev–Trinajstić information content (AvgIpc) is 2.26. The molecule has 106 valence electrons. The zero-order valence-electron chi connectivity index (χ0n) is 9.56. The van der Waals surface area contributed by atoms with Gasteiger partial charge in [0, 0.05) is 5.56 Å². The quantitative estimate of drug-likeness (QED) is 0.203. The van der Waals surface area contributed by atoms with Crippen molar-refractivity contribution >= 4 is 5.91 Å². The lowest BCUT2D eigenvalue weighted by molar-refractivity contribution is -0.419. The van der Waals surface area contributed by atoms with Crippen LogP contribution in [0.1, 0.15) is 10.4 Å². The number of hydrogen-bond acceptors (Lipinski definition) is 8. The van der Waals surface area contributed by atoms with Gasteiger partial charge in [0.1, 0.15) is 0 Å². The van der Waals surface area contributed by atoms with Crippen molar-refractivity contribution in [3.05, 3.63) is 35.9 Å². The van der Waals surface area contributed by atoms with Gasteiger partial charge in [0.2, 0.25) is 0 Å². The molecule has 0 spiro atoms. The largest absolute Gasteiger partial charge is 0.342 e. The summed E-state index contributed by atoms with van der Waals surface area (Å²) in [6.45, 7) is 0. The monoisotopic (exact) mass is 274 g/mol. The van der Waals surface area contributed by atoms with Gasteiger partial charge in [0.15, 0.2) is 6.04 Å². The Morgan fingerprint density at radius 1 is 0.947 bits per heavy atom. The second-order valence-electron chi connectivity index (χ2n) is 3.77. The van der Waals surface area contributed by atoms with E-state index in [1.165, 1.54) is 12.1 Å².